The van der Waals surface area contributed by atoms with Gasteiger partial charge in [-0.3, -0.25) is 5.43 Å². The number of hydrogen-bond acceptors (Lipinski definition) is 2. The van der Waals surface area contributed by atoms with E-state index in [9.17, 15) is 30.7 Å². The minimum atomic E-state index is -5.61. The molecule has 0 spiro atoms. The fourth-order valence-corrected chi connectivity index (χ4v) is 3.43. The Kier molecular flexibility index (Phi) is 5.84. The number of benzene rings is 3. The van der Waals surface area contributed by atoms with E-state index in [4.69, 9.17) is 0 Å². The number of aromatic nitrogens is 1. The van der Waals surface area contributed by atoms with Gasteiger partial charge < -0.3 is 4.57 Å². The summed E-state index contributed by atoms with van der Waals surface area (Å²) in [7, 11) is 0. The molecular formula is C23H14F7N3. The van der Waals surface area contributed by atoms with Crippen molar-refractivity contribution >= 4 is 22.8 Å². The fraction of sp³-hybridized carbons (Fsp3) is 0.0870. The van der Waals surface area contributed by atoms with Crippen LogP contribution in [0.25, 0.3) is 10.9 Å². The average molecular weight is 465 g/mol. The standard InChI is InChI=1S/C23H14F7N3/c24-18-17(23(28,29)30)19(25)21(27)22(20(18)26)32-31-10-14-12-33(11-13-6-2-1-3-7-13)16-9-5-4-8-15(14)16/h1-10,12,32H,11H2/b31-10-. The first-order valence-corrected chi connectivity index (χ1v) is 9.52. The lowest BCUT2D eigenvalue weighted by atomic mass is 10.1. The summed E-state index contributed by atoms with van der Waals surface area (Å²) >= 11 is 0. The zero-order valence-electron chi connectivity index (χ0n) is 16.6. The van der Waals surface area contributed by atoms with Gasteiger partial charge in [0.05, 0.1) is 6.21 Å². The number of fused-ring (bicyclic) bond motifs is 1. The fourth-order valence-electron chi connectivity index (χ4n) is 3.43. The quantitative estimate of drug-likeness (QED) is 0.151. The number of halogens is 7. The Labute approximate surface area is 182 Å². The summed E-state index contributed by atoms with van der Waals surface area (Å²) in [6.07, 6.45) is -2.75. The molecule has 170 valence electrons. The predicted molar refractivity (Wildman–Crippen MR) is 110 cm³/mol. The molecule has 4 rings (SSSR count). The van der Waals surface area contributed by atoms with Gasteiger partial charge >= 0.3 is 6.18 Å². The van der Waals surface area contributed by atoms with E-state index in [2.05, 4.69) is 5.10 Å². The molecule has 0 amide bonds. The lowest BCUT2D eigenvalue weighted by Crippen LogP contribution is -2.16. The minimum Gasteiger partial charge on any atom is -0.342 e. The van der Waals surface area contributed by atoms with Gasteiger partial charge in [0.15, 0.2) is 23.3 Å². The van der Waals surface area contributed by atoms with E-state index in [0.717, 1.165) is 22.7 Å². The third-order valence-electron chi connectivity index (χ3n) is 4.94. The predicted octanol–water partition coefficient (Wildman–Crippen LogP) is 6.71. The Morgan fingerprint density at radius 1 is 0.818 bits per heavy atom. The largest absolute Gasteiger partial charge is 0.422 e. The van der Waals surface area contributed by atoms with E-state index in [-0.39, 0.29) is 0 Å². The van der Waals surface area contributed by atoms with Crippen molar-refractivity contribution in [3.8, 4) is 0 Å². The molecule has 0 saturated heterocycles. The molecule has 0 bridgehead atoms. The van der Waals surface area contributed by atoms with E-state index < -0.39 is 40.7 Å². The van der Waals surface area contributed by atoms with E-state index in [0.29, 0.717) is 12.1 Å². The number of hydrogen-bond donors (Lipinski definition) is 1. The normalized spacial score (nSPS) is 12.1. The van der Waals surface area contributed by atoms with E-state index in [1.54, 1.807) is 23.8 Å². The second-order valence-corrected chi connectivity index (χ2v) is 7.09. The van der Waals surface area contributed by atoms with Crippen LogP contribution in [0.5, 0.6) is 0 Å². The Morgan fingerprint density at radius 2 is 1.42 bits per heavy atom. The Hall–Kier alpha value is -3.82. The van der Waals surface area contributed by atoms with Crippen LogP contribution in [0.15, 0.2) is 65.9 Å². The van der Waals surface area contributed by atoms with Crippen molar-refractivity contribution in [3.05, 3.63) is 101 Å². The molecule has 1 heterocycles. The lowest BCUT2D eigenvalue weighted by molar-refractivity contribution is -0.143. The van der Waals surface area contributed by atoms with Crippen LogP contribution in [0.3, 0.4) is 0 Å². The minimum absolute atomic E-state index is 0.503. The number of nitrogens with zero attached hydrogens (tertiary/aromatic N) is 2. The van der Waals surface area contributed by atoms with Crippen molar-refractivity contribution in [2.45, 2.75) is 12.7 Å². The molecule has 1 aromatic heterocycles. The van der Waals surface area contributed by atoms with Crippen LogP contribution < -0.4 is 5.43 Å². The van der Waals surface area contributed by atoms with Gasteiger partial charge in [-0.25, -0.2) is 17.6 Å². The molecule has 0 unspecified atom stereocenters. The summed E-state index contributed by atoms with van der Waals surface area (Å²) < 4.78 is 95.7. The van der Waals surface area contributed by atoms with Crippen molar-refractivity contribution in [3.63, 3.8) is 0 Å². The van der Waals surface area contributed by atoms with Crippen molar-refractivity contribution < 1.29 is 30.7 Å². The number of anilines is 1. The highest BCUT2D eigenvalue weighted by atomic mass is 19.4. The molecule has 0 aliphatic rings. The maximum absolute atomic E-state index is 14.0. The molecule has 3 aromatic carbocycles. The van der Waals surface area contributed by atoms with Crippen molar-refractivity contribution in [2.24, 2.45) is 5.10 Å². The van der Waals surface area contributed by atoms with Gasteiger partial charge in [-0.2, -0.15) is 18.3 Å². The Morgan fingerprint density at radius 3 is 2.06 bits per heavy atom. The van der Waals surface area contributed by atoms with Gasteiger partial charge in [0, 0.05) is 29.2 Å². The highest BCUT2D eigenvalue weighted by Gasteiger charge is 2.42. The summed E-state index contributed by atoms with van der Waals surface area (Å²) in [4.78, 5) is 0. The molecule has 33 heavy (non-hydrogen) atoms. The van der Waals surface area contributed by atoms with Crippen molar-refractivity contribution in [1.29, 1.82) is 0 Å². The maximum atomic E-state index is 14.0. The SMILES string of the molecule is Fc1c(F)c(C(F)(F)F)c(F)c(F)c1N/N=C\c1cn(Cc2ccccc2)c2ccccc12. The third kappa shape index (κ3) is 4.28. The van der Waals surface area contributed by atoms with Gasteiger partial charge in [0.1, 0.15) is 11.3 Å². The van der Waals surface area contributed by atoms with Crippen LogP contribution in [0.4, 0.5) is 36.4 Å². The smallest absolute Gasteiger partial charge is 0.342 e. The summed E-state index contributed by atoms with van der Waals surface area (Å²) in [5.41, 5.74) is 0.00569. The molecule has 0 aliphatic heterocycles. The molecule has 4 aromatic rings. The number of alkyl halides is 3. The lowest BCUT2D eigenvalue weighted by Gasteiger charge is -2.13. The summed E-state index contributed by atoms with van der Waals surface area (Å²) in [6, 6.07) is 16.7. The van der Waals surface area contributed by atoms with Gasteiger partial charge in [-0.1, -0.05) is 48.5 Å². The van der Waals surface area contributed by atoms with Crippen LogP contribution in [0, 0.1) is 23.3 Å². The highest BCUT2D eigenvalue weighted by Crippen LogP contribution is 2.38. The van der Waals surface area contributed by atoms with Gasteiger partial charge in [0.2, 0.25) is 0 Å². The molecule has 0 aliphatic carbocycles. The van der Waals surface area contributed by atoms with Crippen LogP contribution in [-0.4, -0.2) is 10.8 Å². The maximum Gasteiger partial charge on any atom is 0.422 e. The molecule has 0 fully saturated rings. The molecule has 0 atom stereocenters. The topological polar surface area (TPSA) is 29.3 Å². The van der Waals surface area contributed by atoms with Crippen LogP contribution in [0.1, 0.15) is 16.7 Å². The first kappa shape index (κ1) is 22.4. The molecule has 10 heteroatoms. The van der Waals surface area contributed by atoms with Crippen LogP contribution in [-0.2, 0) is 12.7 Å². The Bertz CT molecular complexity index is 1310. The third-order valence-corrected chi connectivity index (χ3v) is 4.94. The van der Waals surface area contributed by atoms with E-state index in [1.165, 1.54) is 0 Å². The Balaban J connectivity index is 1.67. The average Bonchev–Trinajstić information content (AvgIpc) is 3.12. The van der Waals surface area contributed by atoms with E-state index in [1.807, 2.05) is 47.0 Å². The van der Waals surface area contributed by atoms with Crippen LogP contribution >= 0.6 is 0 Å². The summed E-state index contributed by atoms with van der Waals surface area (Å²) in [5.74, 6) is -9.58. The monoisotopic (exact) mass is 465 g/mol. The van der Waals surface area contributed by atoms with Crippen LogP contribution in [0.2, 0.25) is 0 Å². The first-order chi connectivity index (χ1) is 15.7. The zero-order valence-corrected chi connectivity index (χ0v) is 16.6. The summed E-state index contributed by atoms with van der Waals surface area (Å²) in [6.45, 7) is 0.515. The van der Waals surface area contributed by atoms with Crippen molar-refractivity contribution in [1.82, 2.24) is 4.57 Å². The number of nitrogens with one attached hydrogen (secondary N) is 1. The number of para-hydroxylation sites is 1. The highest BCUT2D eigenvalue weighted by molar-refractivity contribution is 5.99. The van der Waals surface area contributed by atoms with Gasteiger partial charge in [0.25, 0.3) is 0 Å². The molecule has 3 nitrogen and oxygen atoms in total. The summed E-state index contributed by atoms with van der Waals surface area (Å²) in [5, 5.41) is 4.32. The van der Waals surface area contributed by atoms with Gasteiger partial charge in [-0.15, -0.1) is 0 Å². The molecule has 1 N–H and O–H groups in total. The van der Waals surface area contributed by atoms with Gasteiger partial charge in [-0.05, 0) is 11.6 Å². The molecular weight excluding hydrogens is 451 g/mol. The van der Waals surface area contributed by atoms with E-state index >= 15 is 0 Å². The molecule has 0 saturated carbocycles. The van der Waals surface area contributed by atoms with Crippen molar-refractivity contribution in [2.75, 3.05) is 5.43 Å². The number of hydrazone groups is 1. The first-order valence-electron chi connectivity index (χ1n) is 9.52. The second-order valence-electron chi connectivity index (χ2n) is 7.09. The molecule has 0 radical (unpaired) electrons. The number of rotatable bonds is 5. The second kappa shape index (κ2) is 8.61. The zero-order chi connectivity index (χ0) is 23.8.